The molecule has 0 spiro atoms. The summed E-state index contributed by atoms with van der Waals surface area (Å²) >= 11 is 0. The summed E-state index contributed by atoms with van der Waals surface area (Å²) in [4.78, 5) is 38.4. The third kappa shape index (κ3) is 66.5. The van der Waals surface area contributed by atoms with Crippen molar-refractivity contribution < 1.29 is 28.6 Å². The van der Waals surface area contributed by atoms with Crippen molar-refractivity contribution in [2.45, 2.75) is 322 Å². The molecule has 0 heterocycles. The van der Waals surface area contributed by atoms with Crippen molar-refractivity contribution in [3.8, 4) is 0 Å². The van der Waals surface area contributed by atoms with Crippen LogP contribution in [0, 0.1) is 0 Å². The van der Waals surface area contributed by atoms with E-state index < -0.39 is 6.10 Å². The average Bonchev–Trinajstić information content (AvgIpc) is 3.47. The first-order valence-electron chi connectivity index (χ1n) is 34.0. The van der Waals surface area contributed by atoms with Crippen LogP contribution in [0.5, 0.6) is 0 Å². The predicted octanol–water partition coefficient (Wildman–Crippen LogP) is 23.6. The van der Waals surface area contributed by atoms with E-state index in [0.717, 1.165) is 148 Å². The molecule has 0 saturated carbocycles. The number of rotatable bonds is 61. The summed E-state index contributed by atoms with van der Waals surface area (Å²) < 4.78 is 16.9. The van der Waals surface area contributed by atoms with Crippen LogP contribution in [0.15, 0.2) is 122 Å². The van der Waals surface area contributed by atoms with Crippen LogP contribution in [0.3, 0.4) is 0 Å². The van der Waals surface area contributed by atoms with E-state index >= 15 is 0 Å². The van der Waals surface area contributed by atoms with Gasteiger partial charge in [-0.25, -0.2) is 0 Å². The molecule has 0 aliphatic carbocycles. The Balaban J connectivity index is 4.36. The zero-order valence-electron chi connectivity index (χ0n) is 53.0. The molecule has 0 aromatic heterocycles. The van der Waals surface area contributed by atoms with Gasteiger partial charge in [0.1, 0.15) is 13.2 Å². The number of unbranched alkanes of at least 4 members (excludes halogenated alkanes) is 30. The Morgan fingerprint density at radius 1 is 0.259 bits per heavy atom. The first-order chi connectivity index (χ1) is 40.0. The standard InChI is InChI=1S/C75H126O6/c1-4-7-10-13-16-19-22-25-28-30-32-34-35-36-37-38-39-41-42-44-47-50-53-56-59-62-65-68-74(77)80-71-72(70-79-73(76)67-64-61-58-55-52-49-46-27-24-21-18-15-12-9-6-3)81-75(78)69-66-63-60-57-54-51-48-45-43-40-33-31-29-26-23-20-17-14-11-8-5-2/h7,9-10,12,16,18-19,21,23,25-28,31-34,43,45-46,72H,4-6,8,11,13-15,17,20,22,24,29-30,35-42,44,47-71H2,1-3H3/b10-7-,12-9-,19-16-,21-18-,26-23-,28-25-,33-31-,34-32-,45-43-,46-27-. The second kappa shape index (κ2) is 68.3. The molecule has 1 unspecified atom stereocenters. The third-order valence-electron chi connectivity index (χ3n) is 14.4. The number of hydrogen-bond acceptors (Lipinski definition) is 6. The van der Waals surface area contributed by atoms with E-state index in [2.05, 4.69) is 142 Å². The maximum absolute atomic E-state index is 12.9. The average molecular weight is 1120 g/mol. The Kier molecular flexibility index (Phi) is 64.8. The SMILES string of the molecule is CC/C=C\C/C=C\C/C=C\C/C=C\CCCCCCCCCCCCCCCCC(=O)OCC(COC(=O)CCCCCCC/C=C\C/C=C\C/C=C\CC)OC(=O)CCCCCCCC/C=C\C/C=C\C/C=C\CCCCCCC. The number of carbonyl (C=O) groups excluding carboxylic acids is 3. The van der Waals surface area contributed by atoms with Crippen molar-refractivity contribution in [2.24, 2.45) is 0 Å². The molecule has 6 nitrogen and oxygen atoms in total. The molecule has 0 rings (SSSR count). The fourth-order valence-electron chi connectivity index (χ4n) is 9.40. The topological polar surface area (TPSA) is 78.9 Å². The number of hydrogen-bond donors (Lipinski definition) is 0. The largest absolute Gasteiger partial charge is 0.462 e. The summed E-state index contributed by atoms with van der Waals surface area (Å²) in [6, 6.07) is 0. The molecule has 0 amide bonds. The molecule has 0 saturated heterocycles. The minimum atomic E-state index is -0.797. The van der Waals surface area contributed by atoms with Crippen molar-refractivity contribution in [3.05, 3.63) is 122 Å². The van der Waals surface area contributed by atoms with E-state index in [1.54, 1.807) is 0 Å². The normalized spacial score (nSPS) is 12.9. The smallest absolute Gasteiger partial charge is 0.306 e. The molecule has 0 aromatic carbocycles. The van der Waals surface area contributed by atoms with Gasteiger partial charge in [0, 0.05) is 19.3 Å². The predicted molar refractivity (Wildman–Crippen MR) is 353 cm³/mol. The highest BCUT2D eigenvalue weighted by molar-refractivity contribution is 5.71. The van der Waals surface area contributed by atoms with Gasteiger partial charge in [-0.1, -0.05) is 290 Å². The van der Waals surface area contributed by atoms with Gasteiger partial charge in [0.15, 0.2) is 6.10 Å². The molecule has 0 fully saturated rings. The number of ether oxygens (including phenoxy) is 3. The summed E-state index contributed by atoms with van der Waals surface area (Å²) in [6.07, 6.45) is 95.0. The van der Waals surface area contributed by atoms with Gasteiger partial charge in [0.25, 0.3) is 0 Å². The molecule has 462 valence electrons. The van der Waals surface area contributed by atoms with E-state index in [9.17, 15) is 14.4 Å². The summed E-state index contributed by atoms with van der Waals surface area (Å²) in [5.74, 6) is -0.912. The monoisotopic (exact) mass is 1120 g/mol. The highest BCUT2D eigenvalue weighted by Gasteiger charge is 2.19. The third-order valence-corrected chi connectivity index (χ3v) is 14.4. The van der Waals surface area contributed by atoms with E-state index in [1.807, 2.05) is 0 Å². The molecular weight excluding hydrogens is 997 g/mol. The summed E-state index contributed by atoms with van der Waals surface area (Å²) in [6.45, 7) is 6.40. The lowest BCUT2D eigenvalue weighted by molar-refractivity contribution is -0.167. The van der Waals surface area contributed by atoms with Gasteiger partial charge in [-0.2, -0.15) is 0 Å². The number of allylic oxidation sites excluding steroid dienone is 20. The van der Waals surface area contributed by atoms with Crippen LogP contribution in [0.2, 0.25) is 0 Å². The molecule has 0 aliphatic heterocycles. The second-order valence-corrected chi connectivity index (χ2v) is 22.3. The lowest BCUT2D eigenvalue weighted by atomic mass is 10.0. The van der Waals surface area contributed by atoms with Gasteiger partial charge in [0.2, 0.25) is 0 Å². The van der Waals surface area contributed by atoms with Crippen molar-refractivity contribution in [3.63, 3.8) is 0 Å². The molecular formula is C75H126O6. The fraction of sp³-hybridized carbons (Fsp3) is 0.693. The Labute approximate surface area is 501 Å². The first kappa shape index (κ1) is 76.8. The maximum atomic E-state index is 12.9. The molecule has 0 aromatic rings. The molecule has 0 radical (unpaired) electrons. The molecule has 0 N–H and O–H groups in total. The van der Waals surface area contributed by atoms with Crippen molar-refractivity contribution in [2.75, 3.05) is 13.2 Å². The van der Waals surface area contributed by atoms with Gasteiger partial charge in [-0.05, 0) is 128 Å². The summed E-state index contributed by atoms with van der Waals surface area (Å²) in [7, 11) is 0. The molecule has 6 heteroatoms. The van der Waals surface area contributed by atoms with E-state index in [-0.39, 0.29) is 31.1 Å². The zero-order valence-corrected chi connectivity index (χ0v) is 53.0. The highest BCUT2D eigenvalue weighted by Crippen LogP contribution is 2.16. The van der Waals surface area contributed by atoms with E-state index in [4.69, 9.17) is 14.2 Å². The second-order valence-electron chi connectivity index (χ2n) is 22.3. The van der Waals surface area contributed by atoms with Crippen LogP contribution in [-0.4, -0.2) is 37.2 Å². The zero-order chi connectivity index (χ0) is 58.5. The molecule has 0 bridgehead atoms. The number of carbonyl (C=O) groups is 3. The van der Waals surface area contributed by atoms with Crippen LogP contribution < -0.4 is 0 Å². The maximum Gasteiger partial charge on any atom is 0.306 e. The van der Waals surface area contributed by atoms with Crippen molar-refractivity contribution in [1.29, 1.82) is 0 Å². The molecule has 0 aliphatic rings. The summed E-state index contributed by atoms with van der Waals surface area (Å²) in [5.41, 5.74) is 0. The first-order valence-corrected chi connectivity index (χ1v) is 34.0. The van der Waals surface area contributed by atoms with Crippen LogP contribution >= 0.6 is 0 Å². The van der Waals surface area contributed by atoms with Crippen LogP contribution in [0.4, 0.5) is 0 Å². The highest BCUT2D eigenvalue weighted by atomic mass is 16.6. The van der Waals surface area contributed by atoms with Crippen LogP contribution in [0.25, 0.3) is 0 Å². The minimum absolute atomic E-state index is 0.0903. The van der Waals surface area contributed by atoms with Gasteiger partial charge in [0.05, 0.1) is 0 Å². The van der Waals surface area contributed by atoms with Gasteiger partial charge < -0.3 is 14.2 Å². The Hall–Kier alpha value is -4.19. The minimum Gasteiger partial charge on any atom is -0.462 e. The van der Waals surface area contributed by atoms with Gasteiger partial charge in [-0.15, -0.1) is 0 Å². The van der Waals surface area contributed by atoms with Crippen molar-refractivity contribution >= 4 is 17.9 Å². The van der Waals surface area contributed by atoms with Crippen LogP contribution in [-0.2, 0) is 28.6 Å². The van der Waals surface area contributed by atoms with Crippen molar-refractivity contribution in [1.82, 2.24) is 0 Å². The van der Waals surface area contributed by atoms with E-state index in [1.165, 1.54) is 128 Å². The van der Waals surface area contributed by atoms with Gasteiger partial charge in [-0.3, -0.25) is 14.4 Å². The Morgan fingerprint density at radius 3 is 0.753 bits per heavy atom. The lowest BCUT2D eigenvalue weighted by Gasteiger charge is -2.18. The Morgan fingerprint density at radius 2 is 0.481 bits per heavy atom. The fourth-order valence-corrected chi connectivity index (χ4v) is 9.40. The summed E-state index contributed by atoms with van der Waals surface area (Å²) in [5, 5.41) is 0. The number of esters is 3. The van der Waals surface area contributed by atoms with E-state index in [0.29, 0.717) is 19.3 Å². The molecule has 1 atom stereocenters. The Bertz CT molecular complexity index is 1670. The van der Waals surface area contributed by atoms with Crippen LogP contribution in [0.1, 0.15) is 316 Å². The lowest BCUT2D eigenvalue weighted by Crippen LogP contribution is -2.30. The molecule has 81 heavy (non-hydrogen) atoms. The quantitative estimate of drug-likeness (QED) is 0.0261. The van der Waals surface area contributed by atoms with Gasteiger partial charge >= 0.3 is 17.9 Å².